The average molecular weight is 193 g/mol. The van der Waals surface area contributed by atoms with Crippen molar-refractivity contribution in [3.63, 3.8) is 0 Å². The molecular weight excluding hydrogens is 174 g/mol. The van der Waals surface area contributed by atoms with Crippen LogP contribution in [0.5, 0.6) is 0 Å². The van der Waals surface area contributed by atoms with Crippen LogP contribution in [0.2, 0.25) is 0 Å². The van der Waals surface area contributed by atoms with Gasteiger partial charge in [0.1, 0.15) is 0 Å². The number of benzene rings is 1. The van der Waals surface area contributed by atoms with Gasteiger partial charge in [0.05, 0.1) is 0 Å². The maximum atomic E-state index is 5.64. The third-order valence-electron chi connectivity index (χ3n) is 1.89. The lowest BCUT2D eigenvalue weighted by Gasteiger charge is -2.09. The molecule has 0 aliphatic carbocycles. The van der Waals surface area contributed by atoms with Crippen molar-refractivity contribution < 1.29 is 0 Å². The van der Waals surface area contributed by atoms with Gasteiger partial charge in [0, 0.05) is 30.5 Å². The molecule has 1 atom stereocenters. The van der Waals surface area contributed by atoms with Gasteiger partial charge in [0.25, 0.3) is 0 Å². The van der Waals surface area contributed by atoms with Crippen LogP contribution in [0.25, 0.3) is 0 Å². The fraction of sp³-hybridized carbons (Fsp3) is 0.455. The minimum atomic E-state index is 0.184. The van der Waals surface area contributed by atoms with Crippen LogP contribution in [0.1, 0.15) is 13.8 Å². The smallest absolute Gasteiger partial charge is 0.0342 e. The summed E-state index contributed by atoms with van der Waals surface area (Å²) in [5, 5.41) is 6.51. The van der Waals surface area contributed by atoms with E-state index in [4.69, 9.17) is 5.73 Å². The number of anilines is 2. The van der Waals surface area contributed by atoms with E-state index in [2.05, 4.69) is 41.8 Å². The Bertz CT molecular complexity index is 254. The monoisotopic (exact) mass is 193 g/mol. The first-order valence-electron chi connectivity index (χ1n) is 5.05. The van der Waals surface area contributed by atoms with Gasteiger partial charge in [-0.1, -0.05) is 0 Å². The zero-order chi connectivity index (χ0) is 10.4. The Kier molecular flexibility index (Phi) is 4.26. The number of nitrogens with two attached hydrogens (primary N) is 1. The third kappa shape index (κ3) is 3.66. The first kappa shape index (κ1) is 10.9. The highest BCUT2D eigenvalue weighted by molar-refractivity contribution is 5.53. The maximum absolute atomic E-state index is 5.64. The molecule has 3 heteroatoms. The quantitative estimate of drug-likeness (QED) is 0.669. The van der Waals surface area contributed by atoms with Crippen molar-refractivity contribution in [2.75, 3.05) is 23.7 Å². The Morgan fingerprint density at radius 3 is 2.07 bits per heavy atom. The molecule has 14 heavy (non-hydrogen) atoms. The first-order valence-corrected chi connectivity index (χ1v) is 5.05. The van der Waals surface area contributed by atoms with Crippen LogP contribution in [0, 0.1) is 0 Å². The van der Waals surface area contributed by atoms with Gasteiger partial charge < -0.3 is 16.4 Å². The van der Waals surface area contributed by atoms with Crippen LogP contribution in [0.15, 0.2) is 24.3 Å². The standard InChI is InChI=1S/C11H19N3/c1-3-13-10-4-6-11(7-5-10)14-8-9(2)12/h4-7,9,13-14H,3,8,12H2,1-2H3. The van der Waals surface area contributed by atoms with Gasteiger partial charge in [-0.3, -0.25) is 0 Å². The van der Waals surface area contributed by atoms with Crippen LogP contribution in [-0.2, 0) is 0 Å². The Morgan fingerprint density at radius 2 is 1.64 bits per heavy atom. The summed E-state index contributed by atoms with van der Waals surface area (Å²) in [4.78, 5) is 0. The zero-order valence-corrected chi connectivity index (χ0v) is 8.88. The normalized spacial score (nSPS) is 12.2. The van der Waals surface area contributed by atoms with Crippen molar-refractivity contribution in [1.29, 1.82) is 0 Å². The predicted octanol–water partition coefficient (Wildman–Crippen LogP) is 1.88. The van der Waals surface area contributed by atoms with E-state index in [0.717, 1.165) is 24.5 Å². The van der Waals surface area contributed by atoms with Gasteiger partial charge in [-0.05, 0) is 38.1 Å². The van der Waals surface area contributed by atoms with Crippen LogP contribution < -0.4 is 16.4 Å². The first-order chi connectivity index (χ1) is 6.72. The molecule has 0 spiro atoms. The lowest BCUT2D eigenvalue weighted by molar-refractivity contribution is 0.780. The Balaban J connectivity index is 2.46. The van der Waals surface area contributed by atoms with E-state index in [0.29, 0.717) is 0 Å². The maximum Gasteiger partial charge on any atom is 0.0342 e. The summed E-state index contributed by atoms with van der Waals surface area (Å²) >= 11 is 0. The second kappa shape index (κ2) is 5.50. The van der Waals surface area contributed by atoms with Crippen molar-refractivity contribution in [3.8, 4) is 0 Å². The van der Waals surface area contributed by atoms with Crippen LogP contribution in [0.3, 0.4) is 0 Å². The number of hydrogen-bond donors (Lipinski definition) is 3. The van der Waals surface area contributed by atoms with Gasteiger partial charge in [0.15, 0.2) is 0 Å². The molecule has 1 aromatic carbocycles. The van der Waals surface area contributed by atoms with E-state index in [9.17, 15) is 0 Å². The summed E-state index contributed by atoms with van der Waals surface area (Å²) in [5.74, 6) is 0. The van der Waals surface area contributed by atoms with Gasteiger partial charge in [-0.2, -0.15) is 0 Å². The van der Waals surface area contributed by atoms with Gasteiger partial charge in [-0.25, -0.2) is 0 Å². The summed E-state index contributed by atoms with van der Waals surface area (Å²) in [6, 6.07) is 8.42. The summed E-state index contributed by atoms with van der Waals surface area (Å²) in [6.07, 6.45) is 0. The predicted molar refractivity (Wildman–Crippen MR) is 62.7 cm³/mol. The van der Waals surface area contributed by atoms with Crippen molar-refractivity contribution in [2.45, 2.75) is 19.9 Å². The Morgan fingerprint density at radius 1 is 1.14 bits per heavy atom. The molecule has 0 saturated carbocycles. The van der Waals surface area contributed by atoms with Crippen molar-refractivity contribution >= 4 is 11.4 Å². The van der Waals surface area contributed by atoms with E-state index in [-0.39, 0.29) is 6.04 Å². The molecule has 0 fully saturated rings. The molecule has 3 nitrogen and oxygen atoms in total. The number of nitrogens with one attached hydrogen (secondary N) is 2. The largest absolute Gasteiger partial charge is 0.385 e. The molecule has 0 amide bonds. The Hall–Kier alpha value is -1.22. The second-order valence-corrected chi connectivity index (χ2v) is 3.47. The second-order valence-electron chi connectivity index (χ2n) is 3.47. The molecule has 0 saturated heterocycles. The van der Waals surface area contributed by atoms with Crippen LogP contribution in [0.4, 0.5) is 11.4 Å². The van der Waals surface area contributed by atoms with Crippen molar-refractivity contribution in [2.24, 2.45) is 5.73 Å². The highest BCUT2D eigenvalue weighted by Crippen LogP contribution is 2.12. The summed E-state index contributed by atoms with van der Waals surface area (Å²) < 4.78 is 0. The molecule has 0 aliphatic rings. The topological polar surface area (TPSA) is 50.1 Å². The van der Waals surface area contributed by atoms with Gasteiger partial charge in [-0.15, -0.1) is 0 Å². The molecular formula is C11H19N3. The number of rotatable bonds is 5. The average Bonchev–Trinajstić information content (AvgIpc) is 2.17. The fourth-order valence-corrected chi connectivity index (χ4v) is 1.19. The fourth-order valence-electron chi connectivity index (χ4n) is 1.19. The molecule has 0 aromatic heterocycles. The lowest BCUT2D eigenvalue weighted by Crippen LogP contribution is -2.25. The minimum Gasteiger partial charge on any atom is -0.385 e. The van der Waals surface area contributed by atoms with E-state index < -0.39 is 0 Å². The molecule has 1 aromatic rings. The molecule has 0 aliphatic heterocycles. The van der Waals surface area contributed by atoms with Crippen LogP contribution >= 0.6 is 0 Å². The molecule has 4 N–H and O–H groups in total. The number of hydrogen-bond acceptors (Lipinski definition) is 3. The molecule has 0 heterocycles. The zero-order valence-electron chi connectivity index (χ0n) is 8.88. The van der Waals surface area contributed by atoms with Gasteiger partial charge in [0.2, 0.25) is 0 Å². The van der Waals surface area contributed by atoms with E-state index >= 15 is 0 Å². The highest BCUT2D eigenvalue weighted by Gasteiger charge is 1.95. The molecule has 0 bridgehead atoms. The molecule has 1 rings (SSSR count). The van der Waals surface area contributed by atoms with Crippen molar-refractivity contribution in [3.05, 3.63) is 24.3 Å². The van der Waals surface area contributed by atoms with Crippen molar-refractivity contribution in [1.82, 2.24) is 0 Å². The summed E-state index contributed by atoms with van der Waals surface area (Å²) in [6.45, 7) is 5.83. The minimum absolute atomic E-state index is 0.184. The van der Waals surface area contributed by atoms with Crippen LogP contribution in [-0.4, -0.2) is 19.1 Å². The Labute approximate surface area is 85.7 Å². The molecule has 78 valence electrons. The third-order valence-corrected chi connectivity index (χ3v) is 1.89. The van der Waals surface area contributed by atoms with E-state index in [1.54, 1.807) is 0 Å². The molecule has 0 radical (unpaired) electrons. The van der Waals surface area contributed by atoms with Gasteiger partial charge >= 0.3 is 0 Å². The summed E-state index contributed by atoms with van der Waals surface area (Å²) in [7, 11) is 0. The molecule has 1 unspecified atom stereocenters. The lowest BCUT2D eigenvalue weighted by atomic mass is 10.2. The van der Waals surface area contributed by atoms with E-state index in [1.165, 1.54) is 0 Å². The SMILES string of the molecule is CCNc1ccc(NCC(C)N)cc1. The van der Waals surface area contributed by atoms with E-state index in [1.807, 2.05) is 6.92 Å². The highest BCUT2D eigenvalue weighted by atomic mass is 14.9. The summed E-state index contributed by atoms with van der Waals surface area (Å²) in [5.41, 5.74) is 7.91.